The summed E-state index contributed by atoms with van der Waals surface area (Å²) in [6.45, 7) is 2.55. The van der Waals surface area contributed by atoms with E-state index in [1.54, 1.807) is 4.72 Å². The van der Waals surface area contributed by atoms with E-state index < -0.39 is 34.7 Å². The summed E-state index contributed by atoms with van der Waals surface area (Å²) in [6, 6.07) is -1.29. The lowest BCUT2D eigenvalue weighted by atomic mass is 10.3. The van der Waals surface area contributed by atoms with E-state index in [1.807, 2.05) is 0 Å². The van der Waals surface area contributed by atoms with Crippen molar-refractivity contribution in [3.63, 3.8) is 0 Å². The van der Waals surface area contributed by atoms with Crippen LogP contribution in [0.5, 0.6) is 0 Å². The van der Waals surface area contributed by atoms with E-state index in [0.717, 1.165) is 7.05 Å². The van der Waals surface area contributed by atoms with Gasteiger partial charge in [-0.15, -0.1) is 0 Å². The topological polar surface area (TPSA) is 92.5 Å². The molecule has 11 heteroatoms. The van der Waals surface area contributed by atoms with Crippen molar-refractivity contribution >= 4 is 15.9 Å². The minimum atomic E-state index is -4.50. The van der Waals surface area contributed by atoms with Gasteiger partial charge in [-0.1, -0.05) is 5.16 Å². The van der Waals surface area contributed by atoms with Gasteiger partial charge in [-0.2, -0.15) is 13.2 Å². The lowest BCUT2D eigenvalue weighted by Crippen LogP contribution is -2.48. The lowest BCUT2D eigenvalue weighted by Gasteiger charge is -2.24. The van der Waals surface area contributed by atoms with Crippen LogP contribution < -0.4 is 4.72 Å². The van der Waals surface area contributed by atoms with E-state index in [9.17, 15) is 26.4 Å². The number of sulfonamides is 1. The molecule has 0 aliphatic carbocycles. The maximum atomic E-state index is 12.3. The van der Waals surface area contributed by atoms with Crippen LogP contribution in [0.1, 0.15) is 18.4 Å². The molecule has 0 unspecified atom stereocenters. The smallest absolute Gasteiger partial charge is 0.360 e. The third-order valence-corrected chi connectivity index (χ3v) is 4.53. The van der Waals surface area contributed by atoms with Gasteiger partial charge in [0, 0.05) is 0 Å². The molecule has 1 heterocycles. The van der Waals surface area contributed by atoms with Crippen LogP contribution in [-0.4, -0.2) is 50.2 Å². The highest BCUT2D eigenvalue weighted by Crippen LogP contribution is 2.19. The Bertz CT molecular complexity index is 635. The highest BCUT2D eigenvalue weighted by molar-refractivity contribution is 7.90. The fourth-order valence-electron chi connectivity index (χ4n) is 1.75. The first-order valence-electron chi connectivity index (χ1n) is 6.11. The number of rotatable bonds is 5. The molecule has 1 aromatic rings. The number of aryl methyl sites for hydroxylation is 2. The zero-order valence-corrected chi connectivity index (χ0v) is 13.2. The van der Waals surface area contributed by atoms with Crippen LogP contribution in [0.2, 0.25) is 0 Å². The second kappa shape index (κ2) is 6.24. The van der Waals surface area contributed by atoms with Gasteiger partial charge >= 0.3 is 6.18 Å². The summed E-state index contributed by atoms with van der Waals surface area (Å²) in [5, 5.41) is 3.45. The molecule has 1 atom stereocenters. The summed E-state index contributed by atoms with van der Waals surface area (Å²) in [7, 11) is -3.19. The molecule has 1 aromatic heterocycles. The first-order valence-corrected chi connectivity index (χ1v) is 7.60. The maximum Gasteiger partial charge on any atom is 0.401 e. The summed E-state index contributed by atoms with van der Waals surface area (Å²) >= 11 is 0. The molecule has 0 spiro atoms. The molecule has 0 saturated heterocycles. The van der Waals surface area contributed by atoms with E-state index >= 15 is 0 Å². The second-order valence-corrected chi connectivity index (χ2v) is 6.45. The third-order valence-electron chi connectivity index (χ3n) is 2.94. The molecule has 0 aliphatic heterocycles. The Hall–Kier alpha value is -1.62. The molecule has 1 amide bonds. The molecule has 0 aliphatic rings. The van der Waals surface area contributed by atoms with Crippen molar-refractivity contribution in [1.29, 1.82) is 0 Å². The Balaban J connectivity index is 2.88. The van der Waals surface area contributed by atoms with Gasteiger partial charge in [0.15, 0.2) is 10.7 Å². The molecule has 7 nitrogen and oxygen atoms in total. The van der Waals surface area contributed by atoms with E-state index in [0.29, 0.717) is 4.90 Å². The number of likely N-dealkylation sites (N-methyl/N-ethyl adjacent to an activating group) is 1. The predicted octanol–water partition coefficient (Wildman–Crippen LogP) is 0.979. The maximum absolute atomic E-state index is 12.3. The van der Waals surface area contributed by atoms with Crippen molar-refractivity contribution in [2.45, 2.75) is 37.9 Å². The molecule has 0 bridgehead atoms. The van der Waals surface area contributed by atoms with Crippen molar-refractivity contribution < 1.29 is 30.9 Å². The van der Waals surface area contributed by atoms with Gasteiger partial charge in [0.25, 0.3) is 15.9 Å². The zero-order chi connectivity index (χ0) is 17.3. The second-order valence-electron chi connectivity index (χ2n) is 4.83. The van der Waals surface area contributed by atoms with E-state index in [4.69, 9.17) is 4.52 Å². The molecule has 22 heavy (non-hydrogen) atoms. The van der Waals surface area contributed by atoms with Gasteiger partial charge in [-0.3, -0.25) is 9.69 Å². The normalized spacial score (nSPS) is 14.2. The summed E-state index contributed by atoms with van der Waals surface area (Å²) in [5.41, 5.74) is 0.0501. The minimum Gasteiger partial charge on any atom is -0.360 e. The summed E-state index contributed by atoms with van der Waals surface area (Å²) in [4.78, 5) is 12.2. The highest BCUT2D eigenvalue weighted by atomic mass is 32.2. The average molecular weight is 343 g/mol. The van der Waals surface area contributed by atoms with Gasteiger partial charge in [-0.25, -0.2) is 13.1 Å². The van der Waals surface area contributed by atoms with Gasteiger partial charge in [0.1, 0.15) is 5.69 Å². The molecule has 126 valence electrons. The van der Waals surface area contributed by atoms with Crippen LogP contribution in [0.4, 0.5) is 13.2 Å². The van der Waals surface area contributed by atoms with Crippen molar-refractivity contribution in [2.75, 3.05) is 13.6 Å². The van der Waals surface area contributed by atoms with Crippen molar-refractivity contribution in [1.82, 2.24) is 14.8 Å². The average Bonchev–Trinajstić information content (AvgIpc) is 2.65. The summed E-state index contributed by atoms with van der Waals surface area (Å²) in [6.07, 6.45) is -4.50. The van der Waals surface area contributed by atoms with E-state index in [-0.39, 0.29) is 16.3 Å². The number of halogens is 3. The molecule has 0 fully saturated rings. The molecule has 1 N–H and O–H groups in total. The predicted molar refractivity (Wildman–Crippen MR) is 69.5 cm³/mol. The Morgan fingerprint density at radius 3 is 2.36 bits per heavy atom. The van der Waals surface area contributed by atoms with Gasteiger partial charge in [-0.05, 0) is 27.8 Å². The molecule has 1 rings (SSSR count). The lowest BCUT2D eigenvalue weighted by molar-refractivity contribution is -0.150. The van der Waals surface area contributed by atoms with Crippen LogP contribution in [0.3, 0.4) is 0 Å². The molecule has 0 aromatic carbocycles. The Morgan fingerprint density at radius 1 is 1.41 bits per heavy atom. The first-order chi connectivity index (χ1) is 9.85. The van der Waals surface area contributed by atoms with Crippen LogP contribution in [0.25, 0.3) is 0 Å². The van der Waals surface area contributed by atoms with Crippen molar-refractivity contribution in [2.24, 2.45) is 0 Å². The van der Waals surface area contributed by atoms with Crippen LogP contribution in [0.15, 0.2) is 9.42 Å². The fraction of sp³-hybridized carbons (Fsp3) is 0.636. The number of hydrogen-bond donors (Lipinski definition) is 1. The van der Waals surface area contributed by atoms with Crippen molar-refractivity contribution in [3.05, 3.63) is 11.5 Å². The third kappa shape index (κ3) is 4.44. The highest BCUT2D eigenvalue weighted by Gasteiger charge is 2.34. The summed E-state index contributed by atoms with van der Waals surface area (Å²) < 4.78 is 67.5. The van der Waals surface area contributed by atoms with E-state index in [2.05, 4.69) is 5.16 Å². The summed E-state index contributed by atoms with van der Waals surface area (Å²) in [5.74, 6) is -1.10. The number of hydrogen-bond acceptors (Lipinski definition) is 6. The number of nitrogens with one attached hydrogen (secondary N) is 1. The number of carbonyl (C=O) groups is 1. The molecular weight excluding hydrogens is 327 g/mol. The fourth-order valence-corrected chi connectivity index (χ4v) is 3.13. The monoisotopic (exact) mass is 343 g/mol. The van der Waals surface area contributed by atoms with E-state index in [1.165, 1.54) is 20.8 Å². The molecule has 0 saturated carbocycles. The Labute approximate surface area is 125 Å². The molecule has 0 radical (unpaired) electrons. The number of aromatic nitrogens is 1. The first kappa shape index (κ1) is 18.4. The van der Waals surface area contributed by atoms with Gasteiger partial charge in [0.05, 0.1) is 12.6 Å². The van der Waals surface area contributed by atoms with Crippen molar-refractivity contribution in [3.8, 4) is 0 Å². The largest absolute Gasteiger partial charge is 0.401 e. The Morgan fingerprint density at radius 2 is 1.95 bits per heavy atom. The van der Waals surface area contributed by atoms with Crippen LogP contribution in [-0.2, 0) is 14.8 Å². The van der Waals surface area contributed by atoms with Crippen LogP contribution >= 0.6 is 0 Å². The van der Waals surface area contributed by atoms with Gasteiger partial charge in [0.2, 0.25) is 0 Å². The number of alkyl halides is 3. The standard InChI is InChI=1S/C11H16F3N3O4S/c1-6-9(8(3)21-15-6)22(19,20)16-10(18)7(2)17(4)5-11(12,13)14/h7H,5H2,1-4H3,(H,16,18)/t7-/m0/s1. The number of nitrogens with zero attached hydrogens (tertiary/aromatic N) is 2. The van der Waals surface area contributed by atoms with Crippen LogP contribution in [0, 0.1) is 13.8 Å². The Kier molecular flexibility index (Phi) is 5.23. The van der Waals surface area contributed by atoms with Gasteiger partial charge < -0.3 is 4.52 Å². The zero-order valence-electron chi connectivity index (χ0n) is 12.4. The SMILES string of the molecule is Cc1noc(C)c1S(=O)(=O)NC(=O)[C@H](C)N(C)CC(F)(F)F. The number of amides is 1. The number of carbonyl (C=O) groups excluding carboxylic acids is 1. The minimum absolute atomic E-state index is 0.0194. The molecular formula is C11H16F3N3O4S. The quantitative estimate of drug-likeness (QED) is 0.857.